The van der Waals surface area contributed by atoms with Gasteiger partial charge in [0, 0.05) is 5.56 Å². The predicted octanol–water partition coefficient (Wildman–Crippen LogP) is 3.58. The van der Waals surface area contributed by atoms with Crippen LogP contribution in [0.15, 0.2) is 48.5 Å². The van der Waals surface area contributed by atoms with Gasteiger partial charge in [0.05, 0.1) is 27.4 Å². The molecule has 2 aromatic carbocycles. The summed E-state index contributed by atoms with van der Waals surface area (Å²) in [4.78, 5) is 0. The highest BCUT2D eigenvalue weighted by atomic mass is 16.8. The van der Waals surface area contributed by atoms with Crippen molar-refractivity contribution in [3.63, 3.8) is 0 Å². The van der Waals surface area contributed by atoms with Crippen LogP contribution in [0.5, 0.6) is 11.5 Å². The zero-order chi connectivity index (χ0) is 23.0. The third-order valence-corrected chi connectivity index (χ3v) is 6.07. The summed E-state index contributed by atoms with van der Waals surface area (Å²) in [5, 5.41) is 0. The summed E-state index contributed by atoms with van der Waals surface area (Å²) < 4.78 is 47.6. The standard InChI is InChI=1S/C25H30O8/c1-25(2)32-22-21(28-13-15-8-6-5-7-9-15)20(31-24(22)33-25)19-14-29-23(30-19)16-10-11-17(26-3)18(12-16)27-4/h5-12,19-24H,13-14H2,1-4H3. The van der Waals surface area contributed by atoms with Gasteiger partial charge in [-0.2, -0.15) is 0 Å². The molecule has 0 saturated carbocycles. The summed E-state index contributed by atoms with van der Waals surface area (Å²) in [5.41, 5.74) is 1.91. The topological polar surface area (TPSA) is 73.8 Å². The van der Waals surface area contributed by atoms with E-state index >= 15 is 0 Å². The molecule has 6 unspecified atom stereocenters. The first-order valence-electron chi connectivity index (χ1n) is 11.1. The molecule has 33 heavy (non-hydrogen) atoms. The van der Waals surface area contributed by atoms with Crippen molar-refractivity contribution in [3.8, 4) is 11.5 Å². The summed E-state index contributed by atoms with van der Waals surface area (Å²) in [5.74, 6) is 0.531. The van der Waals surface area contributed by atoms with Crippen LogP contribution in [0.2, 0.25) is 0 Å². The van der Waals surface area contributed by atoms with E-state index in [1.165, 1.54) is 0 Å². The molecule has 0 aromatic heterocycles. The molecule has 0 spiro atoms. The Labute approximate surface area is 193 Å². The minimum Gasteiger partial charge on any atom is -0.493 e. The highest BCUT2D eigenvalue weighted by Gasteiger charge is 2.58. The Hall–Kier alpha value is -2.20. The second-order valence-corrected chi connectivity index (χ2v) is 8.78. The van der Waals surface area contributed by atoms with Crippen LogP contribution in [0.3, 0.4) is 0 Å². The number of methoxy groups -OCH3 is 2. The molecule has 8 heteroatoms. The van der Waals surface area contributed by atoms with Gasteiger partial charge in [0.2, 0.25) is 0 Å². The molecule has 0 radical (unpaired) electrons. The molecule has 2 aromatic rings. The second-order valence-electron chi connectivity index (χ2n) is 8.78. The molecule has 3 saturated heterocycles. The van der Waals surface area contributed by atoms with Crippen LogP contribution in [0.1, 0.15) is 31.3 Å². The van der Waals surface area contributed by atoms with E-state index in [0.717, 1.165) is 11.1 Å². The minimum absolute atomic E-state index is 0.343. The predicted molar refractivity (Wildman–Crippen MR) is 117 cm³/mol. The molecule has 3 heterocycles. The SMILES string of the molecule is COc1ccc(C2OCC(C3OC4OC(C)(C)OC4C3OCc3ccccc3)O2)cc1OC. The van der Waals surface area contributed by atoms with Crippen molar-refractivity contribution in [2.75, 3.05) is 20.8 Å². The second kappa shape index (κ2) is 9.21. The van der Waals surface area contributed by atoms with Crippen LogP contribution in [-0.4, -0.2) is 57.3 Å². The smallest absolute Gasteiger partial charge is 0.190 e. The fourth-order valence-corrected chi connectivity index (χ4v) is 4.53. The molecular formula is C25H30O8. The average molecular weight is 459 g/mol. The van der Waals surface area contributed by atoms with Gasteiger partial charge in [-0.1, -0.05) is 36.4 Å². The third-order valence-electron chi connectivity index (χ3n) is 6.07. The number of rotatable bonds is 7. The van der Waals surface area contributed by atoms with E-state index in [-0.39, 0.29) is 18.3 Å². The summed E-state index contributed by atoms with van der Waals surface area (Å²) in [6, 6.07) is 15.6. The molecule has 6 atom stereocenters. The van der Waals surface area contributed by atoms with Gasteiger partial charge in [0.1, 0.15) is 24.4 Å². The van der Waals surface area contributed by atoms with Gasteiger partial charge in [-0.15, -0.1) is 0 Å². The summed E-state index contributed by atoms with van der Waals surface area (Å²) in [6.07, 6.45) is -2.52. The molecule has 3 aliphatic heterocycles. The maximum atomic E-state index is 6.33. The van der Waals surface area contributed by atoms with Gasteiger partial charge in [-0.05, 0) is 31.5 Å². The first-order valence-corrected chi connectivity index (χ1v) is 11.1. The van der Waals surface area contributed by atoms with Crippen LogP contribution < -0.4 is 9.47 Å². The van der Waals surface area contributed by atoms with Crippen molar-refractivity contribution in [2.45, 2.75) is 63.2 Å². The first kappa shape index (κ1) is 22.6. The Morgan fingerprint density at radius 1 is 0.909 bits per heavy atom. The molecule has 3 fully saturated rings. The Bertz CT molecular complexity index is 949. The van der Waals surface area contributed by atoms with Crippen molar-refractivity contribution in [1.82, 2.24) is 0 Å². The van der Waals surface area contributed by atoms with Crippen LogP contribution >= 0.6 is 0 Å². The van der Waals surface area contributed by atoms with E-state index in [1.807, 2.05) is 62.4 Å². The quantitative estimate of drug-likeness (QED) is 0.624. The molecule has 0 N–H and O–H groups in total. The molecule has 0 aliphatic carbocycles. The molecular weight excluding hydrogens is 428 g/mol. The highest BCUT2D eigenvalue weighted by Crippen LogP contribution is 2.43. The van der Waals surface area contributed by atoms with E-state index in [9.17, 15) is 0 Å². The minimum atomic E-state index is -0.732. The van der Waals surface area contributed by atoms with E-state index in [0.29, 0.717) is 24.7 Å². The zero-order valence-electron chi connectivity index (χ0n) is 19.3. The van der Waals surface area contributed by atoms with Gasteiger partial charge in [-0.25, -0.2) is 0 Å². The fraction of sp³-hybridized carbons (Fsp3) is 0.520. The summed E-state index contributed by atoms with van der Waals surface area (Å²) in [6.45, 7) is 4.54. The number of benzene rings is 2. The Morgan fingerprint density at radius 2 is 1.70 bits per heavy atom. The number of hydrogen-bond donors (Lipinski definition) is 0. The van der Waals surface area contributed by atoms with Crippen molar-refractivity contribution >= 4 is 0 Å². The van der Waals surface area contributed by atoms with Crippen molar-refractivity contribution in [2.24, 2.45) is 0 Å². The molecule has 8 nitrogen and oxygen atoms in total. The summed E-state index contributed by atoms with van der Waals surface area (Å²) >= 11 is 0. The van der Waals surface area contributed by atoms with Gasteiger partial charge < -0.3 is 37.9 Å². The van der Waals surface area contributed by atoms with Gasteiger partial charge in [0.25, 0.3) is 0 Å². The molecule has 5 rings (SSSR count). The van der Waals surface area contributed by atoms with Crippen LogP contribution in [0, 0.1) is 0 Å². The fourth-order valence-electron chi connectivity index (χ4n) is 4.53. The van der Waals surface area contributed by atoms with Crippen molar-refractivity contribution in [3.05, 3.63) is 59.7 Å². The maximum absolute atomic E-state index is 6.33. The summed E-state index contributed by atoms with van der Waals surface area (Å²) in [7, 11) is 3.20. The van der Waals surface area contributed by atoms with Crippen molar-refractivity contribution < 1.29 is 37.9 Å². The lowest BCUT2D eigenvalue weighted by Crippen LogP contribution is -2.43. The Morgan fingerprint density at radius 3 is 2.45 bits per heavy atom. The van der Waals surface area contributed by atoms with E-state index in [2.05, 4.69) is 0 Å². The van der Waals surface area contributed by atoms with E-state index in [1.54, 1.807) is 14.2 Å². The van der Waals surface area contributed by atoms with Gasteiger partial charge in [-0.3, -0.25) is 0 Å². The van der Waals surface area contributed by atoms with Crippen LogP contribution in [0.4, 0.5) is 0 Å². The zero-order valence-corrected chi connectivity index (χ0v) is 19.3. The lowest BCUT2D eigenvalue weighted by atomic mass is 10.1. The number of fused-ring (bicyclic) bond motifs is 1. The Balaban J connectivity index is 1.31. The highest BCUT2D eigenvalue weighted by molar-refractivity contribution is 5.43. The van der Waals surface area contributed by atoms with E-state index in [4.69, 9.17) is 37.9 Å². The van der Waals surface area contributed by atoms with E-state index < -0.39 is 24.5 Å². The molecule has 0 bridgehead atoms. The van der Waals surface area contributed by atoms with Gasteiger partial charge >= 0.3 is 0 Å². The third kappa shape index (κ3) is 4.59. The lowest BCUT2D eigenvalue weighted by molar-refractivity contribution is -0.232. The molecule has 178 valence electrons. The van der Waals surface area contributed by atoms with Crippen molar-refractivity contribution in [1.29, 1.82) is 0 Å². The molecule has 3 aliphatic rings. The first-order chi connectivity index (χ1) is 16.0. The monoisotopic (exact) mass is 458 g/mol. The maximum Gasteiger partial charge on any atom is 0.190 e. The normalized spacial score (nSPS) is 32.6. The van der Waals surface area contributed by atoms with Crippen LogP contribution in [0.25, 0.3) is 0 Å². The largest absolute Gasteiger partial charge is 0.493 e. The average Bonchev–Trinajstić information content (AvgIpc) is 3.50. The number of hydrogen-bond acceptors (Lipinski definition) is 8. The Kier molecular flexibility index (Phi) is 6.30. The lowest BCUT2D eigenvalue weighted by Gasteiger charge is -2.28. The van der Waals surface area contributed by atoms with Crippen LogP contribution in [-0.2, 0) is 35.0 Å². The van der Waals surface area contributed by atoms with Gasteiger partial charge in [0.15, 0.2) is 29.9 Å². The number of ether oxygens (including phenoxy) is 8. The molecule has 0 amide bonds.